The molecule has 0 heterocycles. The number of aliphatic carboxylic acids is 1. The van der Waals surface area contributed by atoms with Crippen LogP contribution in [0.2, 0.25) is 0 Å². The lowest BCUT2D eigenvalue weighted by Gasteiger charge is -2.22. The second-order valence-corrected chi connectivity index (χ2v) is 3.88. The summed E-state index contributed by atoms with van der Waals surface area (Å²) in [6.07, 6.45) is 3.79. The minimum absolute atomic E-state index is 0.0820. The molecule has 2 aliphatic carbocycles. The summed E-state index contributed by atoms with van der Waals surface area (Å²) in [6.45, 7) is 0. The summed E-state index contributed by atoms with van der Waals surface area (Å²) in [7, 11) is 0. The number of rotatable bonds is 1. The summed E-state index contributed by atoms with van der Waals surface area (Å²) in [5.74, 6) is -0.510. The van der Waals surface area contributed by atoms with Crippen molar-refractivity contribution in [3.05, 3.63) is 0 Å². The summed E-state index contributed by atoms with van der Waals surface area (Å²) in [4.78, 5) is 10.7. The third kappa shape index (κ3) is 0.948. The standard InChI is InChI=1S/C8H13NO2/c9-8-3-1-2-5(7(10)11)6(8)4-8/h5-6H,1-4,9H2,(H,10,11)/t5-,6-,8+/m0/s1. The predicted molar refractivity (Wildman–Crippen MR) is 40.0 cm³/mol. The van der Waals surface area contributed by atoms with Crippen molar-refractivity contribution >= 4 is 5.97 Å². The number of fused-ring (bicyclic) bond motifs is 1. The van der Waals surface area contributed by atoms with E-state index in [4.69, 9.17) is 10.8 Å². The molecule has 0 aliphatic heterocycles. The van der Waals surface area contributed by atoms with Gasteiger partial charge in [-0.2, -0.15) is 0 Å². The molecule has 62 valence electrons. The van der Waals surface area contributed by atoms with E-state index in [1.54, 1.807) is 0 Å². The molecule has 0 aromatic heterocycles. The molecular weight excluding hydrogens is 142 g/mol. The SMILES string of the molecule is N[C@@]12CCC[C@H](C(=O)O)[C@@H]1C2. The Morgan fingerprint density at radius 3 is 2.91 bits per heavy atom. The topological polar surface area (TPSA) is 63.3 Å². The van der Waals surface area contributed by atoms with Crippen molar-refractivity contribution in [1.29, 1.82) is 0 Å². The molecule has 2 fully saturated rings. The number of carboxylic acid groups (broad SMARTS) is 1. The summed E-state index contributed by atoms with van der Waals surface area (Å²) >= 11 is 0. The third-order valence-electron chi connectivity index (χ3n) is 3.14. The highest BCUT2D eigenvalue weighted by molar-refractivity contribution is 5.71. The molecule has 0 unspecified atom stereocenters. The van der Waals surface area contributed by atoms with Gasteiger partial charge in [0, 0.05) is 5.54 Å². The van der Waals surface area contributed by atoms with Gasteiger partial charge in [-0.1, -0.05) is 6.42 Å². The largest absolute Gasteiger partial charge is 0.481 e. The average molecular weight is 155 g/mol. The van der Waals surface area contributed by atoms with Crippen LogP contribution in [0.3, 0.4) is 0 Å². The molecule has 0 aromatic rings. The molecule has 2 saturated carbocycles. The first kappa shape index (κ1) is 7.10. The van der Waals surface area contributed by atoms with Crippen LogP contribution in [0, 0.1) is 11.8 Å². The second kappa shape index (κ2) is 1.97. The van der Waals surface area contributed by atoms with Crippen LogP contribution in [0.15, 0.2) is 0 Å². The van der Waals surface area contributed by atoms with Gasteiger partial charge in [0.2, 0.25) is 0 Å². The molecule has 2 aliphatic rings. The van der Waals surface area contributed by atoms with E-state index in [1.807, 2.05) is 0 Å². The van der Waals surface area contributed by atoms with E-state index < -0.39 is 5.97 Å². The first-order valence-corrected chi connectivity index (χ1v) is 4.15. The van der Waals surface area contributed by atoms with Gasteiger partial charge in [-0.25, -0.2) is 0 Å². The fraction of sp³-hybridized carbons (Fsp3) is 0.875. The van der Waals surface area contributed by atoms with Gasteiger partial charge in [0.05, 0.1) is 5.92 Å². The molecular formula is C8H13NO2. The van der Waals surface area contributed by atoms with Crippen LogP contribution in [-0.4, -0.2) is 16.6 Å². The van der Waals surface area contributed by atoms with E-state index in [2.05, 4.69) is 0 Å². The molecule has 11 heavy (non-hydrogen) atoms. The maximum Gasteiger partial charge on any atom is 0.306 e. The van der Waals surface area contributed by atoms with Crippen LogP contribution in [0.1, 0.15) is 25.7 Å². The van der Waals surface area contributed by atoms with Crippen molar-refractivity contribution < 1.29 is 9.90 Å². The Hall–Kier alpha value is -0.570. The first-order chi connectivity index (χ1) is 5.13. The van der Waals surface area contributed by atoms with Gasteiger partial charge in [0.25, 0.3) is 0 Å². The normalized spacial score (nSPS) is 48.1. The van der Waals surface area contributed by atoms with Crippen molar-refractivity contribution in [2.24, 2.45) is 17.6 Å². The average Bonchev–Trinajstić information content (AvgIpc) is 2.58. The fourth-order valence-corrected chi connectivity index (χ4v) is 2.33. The van der Waals surface area contributed by atoms with E-state index in [1.165, 1.54) is 0 Å². The Balaban J connectivity index is 2.09. The Kier molecular flexibility index (Phi) is 1.27. The fourth-order valence-electron chi connectivity index (χ4n) is 2.33. The Labute approximate surface area is 65.6 Å². The highest BCUT2D eigenvalue weighted by Gasteiger charge is 2.58. The number of nitrogens with two attached hydrogens (primary N) is 1. The lowest BCUT2D eigenvalue weighted by Crippen LogP contribution is -2.34. The van der Waals surface area contributed by atoms with E-state index in [-0.39, 0.29) is 17.4 Å². The molecule has 3 nitrogen and oxygen atoms in total. The van der Waals surface area contributed by atoms with Crippen molar-refractivity contribution in [2.75, 3.05) is 0 Å². The minimum atomic E-state index is -0.651. The summed E-state index contributed by atoms with van der Waals surface area (Å²) in [6, 6.07) is 0. The third-order valence-corrected chi connectivity index (χ3v) is 3.14. The van der Waals surface area contributed by atoms with E-state index in [0.29, 0.717) is 0 Å². The van der Waals surface area contributed by atoms with Crippen LogP contribution in [0.5, 0.6) is 0 Å². The quantitative estimate of drug-likeness (QED) is 0.582. The zero-order chi connectivity index (χ0) is 8.06. The van der Waals surface area contributed by atoms with Gasteiger partial charge < -0.3 is 10.8 Å². The monoisotopic (exact) mass is 155 g/mol. The van der Waals surface area contributed by atoms with Gasteiger partial charge in [0.1, 0.15) is 0 Å². The summed E-state index contributed by atoms with van der Waals surface area (Å²) in [5.41, 5.74) is 5.83. The van der Waals surface area contributed by atoms with Gasteiger partial charge in [-0.15, -0.1) is 0 Å². The van der Waals surface area contributed by atoms with Crippen LogP contribution in [0.4, 0.5) is 0 Å². The van der Waals surface area contributed by atoms with Crippen molar-refractivity contribution in [2.45, 2.75) is 31.2 Å². The first-order valence-electron chi connectivity index (χ1n) is 4.15. The van der Waals surface area contributed by atoms with Crippen LogP contribution in [-0.2, 0) is 4.79 Å². The summed E-state index contributed by atoms with van der Waals surface area (Å²) in [5, 5.41) is 8.79. The van der Waals surface area contributed by atoms with Crippen LogP contribution >= 0.6 is 0 Å². The highest BCUT2D eigenvalue weighted by Crippen LogP contribution is 2.54. The molecule has 3 heteroatoms. The lowest BCUT2D eigenvalue weighted by atomic mass is 9.86. The van der Waals surface area contributed by atoms with Crippen molar-refractivity contribution in [3.63, 3.8) is 0 Å². The van der Waals surface area contributed by atoms with Gasteiger partial charge in [-0.3, -0.25) is 4.79 Å². The molecule has 0 aromatic carbocycles. The van der Waals surface area contributed by atoms with Crippen molar-refractivity contribution in [1.82, 2.24) is 0 Å². The molecule has 0 spiro atoms. The maximum absolute atomic E-state index is 10.7. The number of hydrogen-bond donors (Lipinski definition) is 2. The zero-order valence-corrected chi connectivity index (χ0v) is 6.42. The molecule has 3 N–H and O–H groups in total. The Bertz CT molecular complexity index is 204. The van der Waals surface area contributed by atoms with Gasteiger partial charge in [0.15, 0.2) is 0 Å². The van der Waals surface area contributed by atoms with E-state index >= 15 is 0 Å². The highest BCUT2D eigenvalue weighted by atomic mass is 16.4. The molecule has 0 bridgehead atoms. The lowest BCUT2D eigenvalue weighted by molar-refractivity contribution is -0.143. The molecule has 0 saturated heterocycles. The second-order valence-electron chi connectivity index (χ2n) is 3.88. The van der Waals surface area contributed by atoms with Crippen molar-refractivity contribution in [3.8, 4) is 0 Å². The van der Waals surface area contributed by atoms with Crippen LogP contribution < -0.4 is 5.73 Å². The molecule has 3 atom stereocenters. The van der Waals surface area contributed by atoms with E-state index in [0.717, 1.165) is 25.7 Å². The van der Waals surface area contributed by atoms with Gasteiger partial charge in [-0.05, 0) is 25.2 Å². The Morgan fingerprint density at radius 2 is 2.36 bits per heavy atom. The minimum Gasteiger partial charge on any atom is -0.481 e. The predicted octanol–water partition coefficient (Wildman–Crippen LogP) is 0.588. The maximum atomic E-state index is 10.7. The molecule has 0 radical (unpaired) electrons. The number of carbonyl (C=O) groups is 1. The van der Waals surface area contributed by atoms with Gasteiger partial charge >= 0.3 is 5.97 Å². The molecule has 0 amide bonds. The molecule has 2 rings (SSSR count). The zero-order valence-electron chi connectivity index (χ0n) is 6.42. The number of carboxylic acids is 1. The van der Waals surface area contributed by atoms with E-state index in [9.17, 15) is 4.79 Å². The summed E-state index contributed by atoms with van der Waals surface area (Å²) < 4.78 is 0. The van der Waals surface area contributed by atoms with Crippen LogP contribution in [0.25, 0.3) is 0 Å². The number of hydrogen-bond acceptors (Lipinski definition) is 2. The Morgan fingerprint density at radius 1 is 1.64 bits per heavy atom. The smallest absolute Gasteiger partial charge is 0.306 e.